The molecule has 0 amide bonds. The first-order chi connectivity index (χ1) is 10.9. The van der Waals surface area contributed by atoms with Gasteiger partial charge in [0.15, 0.2) is 0 Å². The summed E-state index contributed by atoms with van der Waals surface area (Å²) in [5.41, 5.74) is 2.41. The average Bonchev–Trinajstić information content (AvgIpc) is 2.61. The van der Waals surface area contributed by atoms with Crippen molar-refractivity contribution in [2.24, 2.45) is 5.92 Å². The van der Waals surface area contributed by atoms with E-state index in [1.807, 2.05) is 30.3 Å². The van der Waals surface area contributed by atoms with Crippen molar-refractivity contribution in [2.45, 2.75) is 19.4 Å². The van der Waals surface area contributed by atoms with E-state index in [1.54, 1.807) is 0 Å². The fourth-order valence-corrected chi connectivity index (χ4v) is 2.57. The Morgan fingerprint density at radius 1 is 0.955 bits per heavy atom. The van der Waals surface area contributed by atoms with Crippen LogP contribution in [0, 0.1) is 5.92 Å². The van der Waals surface area contributed by atoms with Gasteiger partial charge in [-0.05, 0) is 42.0 Å². The lowest BCUT2D eigenvalue weighted by Crippen LogP contribution is -2.13. The van der Waals surface area contributed by atoms with E-state index in [2.05, 4.69) is 36.4 Å². The molecule has 1 fully saturated rings. The maximum Gasteiger partial charge on any atom is 0.119 e. The molecule has 0 aromatic heterocycles. The highest BCUT2D eigenvalue weighted by molar-refractivity contribution is 5.50. The van der Waals surface area contributed by atoms with Gasteiger partial charge in [0.25, 0.3) is 0 Å². The Hall–Kier alpha value is -2.06. The largest absolute Gasteiger partial charge is 0.489 e. The molecule has 3 rings (SSSR count). The van der Waals surface area contributed by atoms with Gasteiger partial charge in [0.05, 0.1) is 0 Å². The number of hydrogen-bond acceptors (Lipinski definition) is 2. The zero-order valence-electron chi connectivity index (χ0n) is 12.8. The molecule has 22 heavy (non-hydrogen) atoms. The van der Waals surface area contributed by atoms with E-state index < -0.39 is 0 Å². The molecule has 1 aliphatic heterocycles. The third-order valence-corrected chi connectivity index (χ3v) is 3.96. The summed E-state index contributed by atoms with van der Waals surface area (Å²) in [6.07, 6.45) is 6.78. The molecule has 0 saturated carbocycles. The summed E-state index contributed by atoms with van der Waals surface area (Å²) in [6.45, 7) is 2.39. The van der Waals surface area contributed by atoms with Crippen LogP contribution in [0.2, 0.25) is 0 Å². The van der Waals surface area contributed by atoms with Gasteiger partial charge in [-0.15, -0.1) is 0 Å². The van der Waals surface area contributed by atoms with Gasteiger partial charge < -0.3 is 9.47 Å². The highest BCUT2D eigenvalue weighted by Crippen LogP contribution is 2.19. The standard InChI is InChI=1S/C20H22O2/c1-2-4-19(5-3-1)16-22-20-10-8-17(9-11-20)6-7-18-12-14-21-15-13-18/h1-11,18H,12-16H2/b7-6-. The third kappa shape index (κ3) is 4.47. The highest BCUT2D eigenvalue weighted by atomic mass is 16.5. The van der Waals surface area contributed by atoms with Crippen molar-refractivity contribution in [1.82, 2.24) is 0 Å². The molecular formula is C20H22O2. The van der Waals surface area contributed by atoms with E-state index in [4.69, 9.17) is 9.47 Å². The number of ether oxygens (including phenoxy) is 2. The molecule has 0 unspecified atom stereocenters. The van der Waals surface area contributed by atoms with Crippen molar-refractivity contribution >= 4 is 6.08 Å². The van der Waals surface area contributed by atoms with Gasteiger partial charge in [0.2, 0.25) is 0 Å². The molecule has 1 saturated heterocycles. The lowest BCUT2D eigenvalue weighted by molar-refractivity contribution is 0.0787. The fourth-order valence-electron chi connectivity index (χ4n) is 2.57. The van der Waals surface area contributed by atoms with Crippen LogP contribution in [0.25, 0.3) is 6.08 Å². The molecule has 2 aromatic carbocycles. The maximum absolute atomic E-state index is 5.80. The maximum atomic E-state index is 5.80. The average molecular weight is 294 g/mol. The molecule has 0 bridgehead atoms. The van der Waals surface area contributed by atoms with E-state index in [1.165, 1.54) is 11.1 Å². The summed E-state index contributed by atoms with van der Waals surface area (Å²) in [5, 5.41) is 0. The van der Waals surface area contributed by atoms with Crippen molar-refractivity contribution in [3.8, 4) is 5.75 Å². The molecule has 114 valence electrons. The highest BCUT2D eigenvalue weighted by Gasteiger charge is 2.09. The molecule has 2 nitrogen and oxygen atoms in total. The van der Waals surface area contributed by atoms with Gasteiger partial charge in [-0.25, -0.2) is 0 Å². The molecule has 1 heterocycles. The van der Waals surface area contributed by atoms with Crippen molar-refractivity contribution in [1.29, 1.82) is 0 Å². The molecule has 0 atom stereocenters. The van der Waals surface area contributed by atoms with Gasteiger partial charge in [-0.1, -0.05) is 54.6 Å². The molecular weight excluding hydrogens is 272 g/mol. The second-order valence-corrected chi connectivity index (χ2v) is 5.65. The first-order valence-corrected chi connectivity index (χ1v) is 7.93. The Bertz CT molecular complexity index is 581. The lowest BCUT2D eigenvalue weighted by atomic mass is 9.99. The van der Waals surface area contributed by atoms with E-state index >= 15 is 0 Å². The quantitative estimate of drug-likeness (QED) is 0.795. The number of hydrogen-bond donors (Lipinski definition) is 0. The SMILES string of the molecule is C(=C/C1CCOCC1)/c1ccc(OCc2ccccc2)cc1. The van der Waals surface area contributed by atoms with Gasteiger partial charge in [-0.2, -0.15) is 0 Å². The molecule has 0 N–H and O–H groups in total. The van der Waals surface area contributed by atoms with Gasteiger partial charge in [-0.3, -0.25) is 0 Å². The van der Waals surface area contributed by atoms with Crippen LogP contribution in [0.15, 0.2) is 60.7 Å². The van der Waals surface area contributed by atoms with Gasteiger partial charge >= 0.3 is 0 Å². The Balaban J connectivity index is 1.52. The van der Waals surface area contributed by atoms with Crippen LogP contribution in [-0.4, -0.2) is 13.2 Å². The minimum atomic E-state index is 0.609. The topological polar surface area (TPSA) is 18.5 Å². The number of rotatable bonds is 5. The predicted molar refractivity (Wildman–Crippen MR) is 89.8 cm³/mol. The van der Waals surface area contributed by atoms with Gasteiger partial charge in [0.1, 0.15) is 12.4 Å². The normalized spacial score (nSPS) is 16.0. The summed E-state index contributed by atoms with van der Waals surface area (Å²) >= 11 is 0. The third-order valence-electron chi connectivity index (χ3n) is 3.96. The zero-order chi connectivity index (χ0) is 15.0. The van der Waals surface area contributed by atoms with E-state index in [0.717, 1.165) is 31.8 Å². The number of allylic oxidation sites excluding steroid dienone is 1. The van der Waals surface area contributed by atoms with Crippen LogP contribution < -0.4 is 4.74 Å². The molecule has 1 aliphatic rings. The predicted octanol–water partition coefficient (Wildman–Crippen LogP) is 4.71. The molecule has 0 radical (unpaired) electrons. The second kappa shape index (κ2) is 7.81. The molecule has 2 aromatic rings. The first-order valence-electron chi connectivity index (χ1n) is 7.93. The minimum Gasteiger partial charge on any atom is -0.489 e. The van der Waals surface area contributed by atoms with Crippen LogP contribution in [0.4, 0.5) is 0 Å². The van der Waals surface area contributed by atoms with Crippen LogP contribution >= 0.6 is 0 Å². The van der Waals surface area contributed by atoms with Crippen molar-refractivity contribution in [2.75, 3.05) is 13.2 Å². The summed E-state index contributed by atoms with van der Waals surface area (Å²) in [5.74, 6) is 1.56. The van der Waals surface area contributed by atoms with Crippen LogP contribution in [0.5, 0.6) is 5.75 Å². The van der Waals surface area contributed by atoms with Crippen LogP contribution in [0.1, 0.15) is 24.0 Å². The lowest BCUT2D eigenvalue weighted by Gasteiger charge is -2.18. The van der Waals surface area contributed by atoms with Crippen molar-refractivity contribution < 1.29 is 9.47 Å². The zero-order valence-corrected chi connectivity index (χ0v) is 12.8. The molecule has 0 spiro atoms. The number of benzene rings is 2. The van der Waals surface area contributed by atoms with Crippen molar-refractivity contribution in [3.63, 3.8) is 0 Å². The monoisotopic (exact) mass is 294 g/mol. The van der Waals surface area contributed by atoms with Gasteiger partial charge in [0, 0.05) is 13.2 Å². The van der Waals surface area contributed by atoms with E-state index in [9.17, 15) is 0 Å². The Morgan fingerprint density at radius 2 is 1.68 bits per heavy atom. The summed E-state index contributed by atoms with van der Waals surface area (Å²) in [6, 6.07) is 18.5. The smallest absolute Gasteiger partial charge is 0.119 e. The first kappa shape index (κ1) is 14.9. The Kier molecular flexibility index (Phi) is 5.27. The minimum absolute atomic E-state index is 0.609. The fraction of sp³-hybridized carbons (Fsp3) is 0.300. The molecule has 0 aliphatic carbocycles. The summed E-state index contributed by atoms with van der Waals surface area (Å²) in [7, 11) is 0. The van der Waals surface area contributed by atoms with E-state index in [0.29, 0.717) is 12.5 Å². The molecule has 2 heteroatoms. The van der Waals surface area contributed by atoms with Crippen molar-refractivity contribution in [3.05, 3.63) is 71.8 Å². The van der Waals surface area contributed by atoms with Crippen LogP contribution in [0.3, 0.4) is 0 Å². The Labute approximate surface area is 132 Å². The van der Waals surface area contributed by atoms with E-state index in [-0.39, 0.29) is 0 Å². The summed E-state index contributed by atoms with van der Waals surface area (Å²) < 4.78 is 11.2. The second-order valence-electron chi connectivity index (χ2n) is 5.65. The Morgan fingerprint density at radius 3 is 2.41 bits per heavy atom. The van der Waals surface area contributed by atoms with Crippen LogP contribution in [-0.2, 0) is 11.3 Å². The summed E-state index contributed by atoms with van der Waals surface area (Å²) in [4.78, 5) is 0.